The van der Waals surface area contributed by atoms with E-state index in [0.717, 1.165) is 50.2 Å². The van der Waals surface area contributed by atoms with Crippen molar-refractivity contribution in [2.24, 2.45) is 0 Å². The lowest BCUT2D eigenvalue weighted by Crippen LogP contribution is -2.55. The first-order chi connectivity index (χ1) is 10.4. The van der Waals surface area contributed by atoms with Gasteiger partial charge in [0.25, 0.3) is 0 Å². The van der Waals surface area contributed by atoms with Gasteiger partial charge in [0.2, 0.25) is 0 Å². The van der Waals surface area contributed by atoms with Gasteiger partial charge in [-0.25, -0.2) is 0 Å². The predicted octanol–water partition coefficient (Wildman–Crippen LogP) is 1.65. The Hall–Kier alpha value is -1.20. The Balaban J connectivity index is 1.56. The van der Waals surface area contributed by atoms with Crippen LogP contribution in [0, 0.1) is 0 Å². The molecule has 1 aromatic heterocycles. The van der Waals surface area contributed by atoms with Crippen LogP contribution in [0.1, 0.15) is 38.3 Å². The fourth-order valence-corrected chi connectivity index (χ4v) is 3.37. The fraction of sp³-hybridized carbons (Fsp3) is 0.750. The fourth-order valence-electron chi connectivity index (χ4n) is 3.37. The molecule has 2 aliphatic heterocycles. The second-order valence-corrected chi connectivity index (χ2v) is 6.19. The van der Waals surface area contributed by atoms with Crippen molar-refractivity contribution < 1.29 is 0 Å². The van der Waals surface area contributed by atoms with E-state index in [4.69, 9.17) is 0 Å². The zero-order valence-electron chi connectivity index (χ0n) is 13.1. The van der Waals surface area contributed by atoms with Crippen molar-refractivity contribution in [1.82, 2.24) is 20.4 Å². The van der Waals surface area contributed by atoms with Crippen molar-refractivity contribution in [1.29, 1.82) is 0 Å². The summed E-state index contributed by atoms with van der Waals surface area (Å²) in [4.78, 5) is 5.05. The van der Waals surface area contributed by atoms with Gasteiger partial charge in [-0.1, -0.05) is 13.3 Å². The molecule has 0 aliphatic carbocycles. The molecule has 3 heterocycles. The summed E-state index contributed by atoms with van der Waals surface area (Å²) in [5.41, 5.74) is 1.03. The van der Waals surface area contributed by atoms with Gasteiger partial charge < -0.3 is 10.2 Å². The van der Waals surface area contributed by atoms with Gasteiger partial charge in [0.1, 0.15) is 0 Å². The minimum Gasteiger partial charge on any atom is -0.352 e. The Bertz CT molecular complexity index is 433. The highest BCUT2D eigenvalue weighted by Gasteiger charge is 2.29. The molecule has 21 heavy (non-hydrogen) atoms. The molecule has 0 radical (unpaired) electrons. The number of fused-ring (bicyclic) bond motifs is 1. The summed E-state index contributed by atoms with van der Waals surface area (Å²) >= 11 is 0. The van der Waals surface area contributed by atoms with Crippen molar-refractivity contribution in [3.8, 4) is 0 Å². The number of piperazine rings is 1. The van der Waals surface area contributed by atoms with E-state index in [2.05, 4.69) is 44.4 Å². The van der Waals surface area contributed by atoms with Gasteiger partial charge in [-0.15, -0.1) is 5.10 Å². The highest BCUT2D eigenvalue weighted by atomic mass is 15.3. The van der Waals surface area contributed by atoms with Crippen molar-refractivity contribution >= 4 is 5.82 Å². The van der Waals surface area contributed by atoms with Gasteiger partial charge in [0.15, 0.2) is 5.82 Å². The molecule has 5 nitrogen and oxygen atoms in total. The Labute approximate surface area is 127 Å². The second-order valence-electron chi connectivity index (χ2n) is 6.19. The molecule has 1 unspecified atom stereocenters. The van der Waals surface area contributed by atoms with E-state index in [1.807, 2.05) is 0 Å². The van der Waals surface area contributed by atoms with Gasteiger partial charge in [0, 0.05) is 32.2 Å². The molecule has 2 aliphatic rings. The third-order valence-corrected chi connectivity index (χ3v) is 4.60. The maximum absolute atomic E-state index is 4.44. The summed E-state index contributed by atoms with van der Waals surface area (Å²) in [7, 11) is 0. The van der Waals surface area contributed by atoms with Crippen molar-refractivity contribution in [3.05, 3.63) is 17.8 Å². The standard InChI is InChI=1S/C16H27N5/c1-2-8-17-12-14-6-7-16(19-18-14)21-11-10-20-9-4-3-5-15(20)13-21/h6-7,15,17H,2-5,8-13H2,1H3. The normalized spacial score (nSPS) is 23.1. The number of piperidine rings is 1. The Morgan fingerprint density at radius 1 is 1.19 bits per heavy atom. The monoisotopic (exact) mass is 289 g/mol. The molecule has 1 aromatic rings. The molecular formula is C16H27N5. The van der Waals surface area contributed by atoms with E-state index in [1.165, 1.54) is 32.4 Å². The van der Waals surface area contributed by atoms with Crippen LogP contribution in [0.3, 0.4) is 0 Å². The highest BCUT2D eigenvalue weighted by Crippen LogP contribution is 2.23. The van der Waals surface area contributed by atoms with E-state index >= 15 is 0 Å². The van der Waals surface area contributed by atoms with E-state index < -0.39 is 0 Å². The molecular weight excluding hydrogens is 262 g/mol. The first-order valence-corrected chi connectivity index (χ1v) is 8.39. The number of hydrogen-bond acceptors (Lipinski definition) is 5. The topological polar surface area (TPSA) is 44.3 Å². The number of anilines is 1. The molecule has 1 atom stereocenters. The summed E-state index contributed by atoms with van der Waals surface area (Å²) in [6.07, 6.45) is 5.23. The Morgan fingerprint density at radius 2 is 2.14 bits per heavy atom. The molecule has 1 N–H and O–H groups in total. The maximum atomic E-state index is 4.44. The molecule has 5 heteroatoms. The summed E-state index contributed by atoms with van der Waals surface area (Å²) in [5.74, 6) is 1.04. The van der Waals surface area contributed by atoms with E-state index in [0.29, 0.717) is 0 Å². The third-order valence-electron chi connectivity index (χ3n) is 4.60. The molecule has 0 amide bonds. The van der Waals surface area contributed by atoms with Gasteiger partial charge >= 0.3 is 0 Å². The van der Waals surface area contributed by atoms with Crippen LogP contribution < -0.4 is 10.2 Å². The van der Waals surface area contributed by atoms with Crippen LogP contribution in [-0.4, -0.2) is 53.9 Å². The van der Waals surface area contributed by atoms with Gasteiger partial charge in [-0.3, -0.25) is 4.90 Å². The van der Waals surface area contributed by atoms with Gasteiger partial charge in [0.05, 0.1) is 5.69 Å². The van der Waals surface area contributed by atoms with Gasteiger partial charge in [-0.05, 0) is 44.5 Å². The van der Waals surface area contributed by atoms with Crippen molar-refractivity contribution in [2.75, 3.05) is 37.6 Å². The van der Waals surface area contributed by atoms with Crippen molar-refractivity contribution in [2.45, 2.75) is 45.2 Å². The average Bonchev–Trinajstić information content (AvgIpc) is 2.55. The van der Waals surface area contributed by atoms with Crippen LogP contribution in [0.5, 0.6) is 0 Å². The molecule has 2 fully saturated rings. The quantitative estimate of drug-likeness (QED) is 0.835. The van der Waals surface area contributed by atoms with E-state index in [9.17, 15) is 0 Å². The summed E-state index contributed by atoms with van der Waals surface area (Å²) in [6.45, 7) is 8.68. The Morgan fingerprint density at radius 3 is 2.95 bits per heavy atom. The van der Waals surface area contributed by atoms with Crippen LogP contribution in [0.15, 0.2) is 12.1 Å². The van der Waals surface area contributed by atoms with Crippen LogP contribution in [0.2, 0.25) is 0 Å². The number of nitrogens with one attached hydrogen (secondary N) is 1. The SMILES string of the molecule is CCCNCc1ccc(N2CCN3CCCCC3C2)nn1. The zero-order valence-corrected chi connectivity index (χ0v) is 13.1. The first kappa shape index (κ1) is 14.7. The third kappa shape index (κ3) is 3.71. The Kier molecular flexibility index (Phi) is 5.04. The molecule has 116 valence electrons. The number of aromatic nitrogens is 2. The zero-order chi connectivity index (χ0) is 14.5. The lowest BCUT2D eigenvalue weighted by Gasteiger charge is -2.44. The summed E-state index contributed by atoms with van der Waals surface area (Å²) in [6, 6.07) is 4.97. The van der Waals surface area contributed by atoms with Crippen LogP contribution in [0.25, 0.3) is 0 Å². The second kappa shape index (κ2) is 7.18. The lowest BCUT2D eigenvalue weighted by molar-refractivity contribution is 0.133. The van der Waals surface area contributed by atoms with Gasteiger partial charge in [-0.2, -0.15) is 5.10 Å². The van der Waals surface area contributed by atoms with Crippen LogP contribution >= 0.6 is 0 Å². The molecule has 0 aromatic carbocycles. The molecule has 0 bridgehead atoms. The van der Waals surface area contributed by atoms with E-state index in [-0.39, 0.29) is 0 Å². The predicted molar refractivity (Wildman–Crippen MR) is 85.5 cm³/mol. The summed E-state index contributed by atoms with van der Waals surface area (Å²) < 4.78 is 0. The summed E-state index contributed by atoms with van der Waals surface area (Å²) in [5, 5.41) is 12.2. The molecule has 2 saturated heterocycles. The van der Waals surface area contributed by atoms with Crippen molar-refractivity contribution in [3.63, 3.8) is 0 Å². The molecule has 0 saturated carbocycles. The minimum atomic E-state index is 0.722. The molecule has 0 spiro atoms. The number of rotatable bonds is 5. The first-order valence-electron chi connectivity index (χ1n) is 8.39. The number of hydrogen-bond donors (Lipinski definition) is 1. The lowest BCUT2D eigenvalue weighted by atomic mass is 9.99. The molecule has 3 rings (SSSR count). The maximum Gasteiger partial charge on any atom is 0.151 e. The smallest absolute Gasteiger partial charge is 0.151 e. The highest BCUT2D eigenvalue weighted by molar-refractivity contribution is 5.38. The number of nitrogens with zero attached hydrogens (tertiary/aromatic N) is 4. The van der Waals surface area contributed by atoms with Crippen LogP contribution in [-0.2, 0) is 6.54 Å². The van der Waals surface area contributed by atoms with Crippen LogP contribution in [0.4, 0.5) is 5.82 Å². The average molecular weight is 289 g/mol. The largest absolute Gasteiger partial charge is 0.352 e. The van der Waals surface area contributed by atoms with E-state index in [1.54, 1.807) is 0 Å². The minimum absolute atomic E-state index is 0.722.